The second-order valence-electron chi connectivity index (χ2n) is 7.14. The molecule has 2 heterocycles. The molecule has 0 spiro atoms. The Hall–Kier alpha value is -3.37. The molecule has 7 heteroatoms. The highest BCUT2D eigenvalue weighted by atomic mass is 32.2. The first-order valence-corrected chi connectivity index (χ1v) is 10.1. The fourth-order valence-corrected chi connectivity index (χ4v) is 5.18. The van der Waals surface area contributed by atoms with Crippen LogP contribution in [0.2, 0.25) is 0 Å². The molecule has 0 bridgehead atoms. The number of carbonyl (C=O) groups is 1. The summed E-state index contributed by atoms with van der Waals surface area (Å²) >= 11 is 1.31. The van der Waals surface area contributed by atoms with Gasteiger partial charge in [-0.05, 0) is 37.5 Å². The van der Waals surface area contributed by atoms with E-state index in [1.165, 1.54) is 11.8 Å². The molecule has 1 N–H and O–H groups in total. The van der Waals surface area contributed by atoms with Gasteiger partial charge in [0.1, 0.15) is 10.3 Å². The van der Waals surface area contributed by atoms with E-state index in [1.54, 1.807) is 18.5 Å². The van der Waals surface area contributed by atoms with Crippen LogP contribution in [0.4, 0.5) is 0 Å². The molecule has 29 heavy (non-hydrogen) atoms. The summed E-state index contributed by atoms with van der Waals surface area (Å²) in [6, 6.07) is 15.6. The monoisotopic (exact) mass is 400 g/mol. The van der Waals surface area contributed by atoms with Gasteiger partial charge >= 0.3 is 5.97 Å². The number of pyridine rings is 1. The topological polar surface area (TPSA) is 91.8 Å². The van der Waals surface area contributed by atoms with E-state index in [4.69, 9.17) is 4.98 Å². The number of aliphatic carboxylic acids is 1. The molecule has 0 amide bonds. The van der Waals surface area contributed by atoms with Crippen molar-refractivity contribution in [2.45, 2.75) is 29.2 Å². The Morgan fingerprint density at radius 2 is 1.97 bits per heavy atom. The van der Waals surface area contributed by atoms with Gasteiger partial charge in [-0.3, -0.25) is 14.3 Å². The predicted octanol–water partition coefficient (Wildman–Crippen LogP) is 4.54. The number of hydrogen-bond acceptors (Lipinski definition) is 5. The van der Waals surface area contributed by atoms with Gasteiger partial charge < -0.3 is 5.11 Å². The van der Waals surface area contributed by atoms with Gasteiger partial charge in [-0.15, -0.1) is 0 Å². The van der Waals surface area contributed by atoms with Gasteiger partial charge in [0.05, 0.1) is 29.0 Å². The van der Waals surface area contributed by atoms with Crippen LogP contribution in [-0.4, -0.2) is 30.4 Å². The summed E-state index contributed by atoms with van der Waals surface area (Å²) < 4.78 is 1.16. The lowest BCUT2D eigenvalue weighted by atomic mass is 9.84. The molecule has 1 aliphatic rings. The van der Waals surface area contributed by atoms with Gasteiger partial charge in [-0.2, -0.15) is 5.26 Å². The molecular weight excluding hydrogens is 384 g/mol. The zero-order valence-electron chi connectivity index (χ0n) is 15.4. The minimum absolute atomic E-state index is 0.602. The van der Waals surface area contributed by atoms with Crippen LogP contribution in [0.5, 0.6) is 0 Å². The zero-order valence-corrected chi connectivity index (χ0v) is 16.2. The van der Waals surface area contributed by atoms with Gasteiger partial charge in [0.15, 0.2) is 5.16 Å². The van der Waals surface area contributed by atoms with Crippen LogP contribution >= 0.6 is 11.8 Å². The van der Waals surface area contributed by atoms with Crippen LogP contribution in [0.25, 0.3) is 27.5 Å². The summed E-state index contributed by atoms with van der Waals surface area (Å²) in [7, 11) is 0. The maximum absolute atomic E-state index is 12.0. The number of fused-ring (bicyclic) bond motifs is 2. The largest absolute Gasteiger partial charge is 0.480 e. The number of hydrogen-bond donors (Lipinski definition) is 1. The second-order valence-corrected chi connectivity index (χ2v) is 8.49. The lowest BCUT2D eigenvalue weighted by Crippen LogP contribution is -2.42. The molecule has 4 aromatic rings. The molecule has 142 valence electrons. The molecule has 1 saturated carbocycles. The van der Waals surface area contributed by atoms with Crippen molar-refractivity contribution < 1.29 is 9.90 Å². The molecule has 0 atom stereocenters. The van der Waals surface area contributed by atoms with Crippen LogP contribution < -0.4 is 0 Å². The first-order valence-electron chi connectivity index (χ1n) is 9.30. The summed E-state index contributed by atoms with van der Waals surface area (Å²) in [4.78, 5) is 20.9. The van der Waals surface area contributed by atoms with Crippen molar-refractivity contribution in [3.8, 4) is 11.8 Å². The van der Waals surface area contributed by atoms with E-state index in [1.807, 2.05) is 41.0 Å². The Balaban J connectivity index is 1.79. The van der Waals surface area contributed by atoms with Crippen LogP contribution in [0.15, 0.2) is 60.0 Å². The van der Waals surface area contributed by atoms with Gasteiger partial charge in [0, 0.05) is 17.0 Å². The SMILES string of the molecule is N#Cc1ccc(-n2c(SC3(C(=O)O)CCC3)nc3cnccc32)c2ccccc12. The molecule has 1 fully saturated rings. The maximum Gasteiger partial charge on any atom is 0.320 e. The number of thioether (sulfide) groups is 1. The Morgan fingerprint density at radius 1 is 1.17 bits per heavy atom. The summed E-state index contributed by atoms with van der Waals surface area (Å²) in [6.07, 6.45) is 5.55. The Labute approximate surface area is 170 Å². The zero-order chi connectivity index (χ0) is 20.0. The fraction of sp³-hybridized carbons (Fsp3) is 0.182. The minimum Gasteiger partial charge on any atom is -0.480 e. The number of imidazole rings is 1. The Kier molecular flexibility index (Phi) is 4.03. The van der Waals surface area contributed by atoms with Gasteiger partial charge in [-0.25, -0.2) is 4.98 Å². The minimum atomic E-state index is -0.838. The second kappa shape index (κ2) is 6.61. The number of rotatable bonds is 4. The smallest absolute Gasteiger partial charge is 0.320 e. The van der Waals surface area contributed by atoms with Crippen molar-refractivity contribution in [3.05, 3.63) is 60.4 Å². The highest BCUT2D eigenvalue weighted by molar-refractivity contribution is 8.01. The summed E-state index contributed by atoms with van der Waals surface area (Å²) in [5.74, 6) is -0.796. The fourth-order valence-electron chi connectivity index (χ4n) is 3.82. The van der Waals surface area contributed by atoms with Crippen LogP contribution in [0.3, 0.4) is 0 Å². The van der Waals surface area contributed by atoms with Gasteiger partial charge in [0.25, 0.3) is 0 Å². The number of carboxylic acids is 1. The van der Waals surface area contributed by atoms with E-state index in [9.17, 15) is 15.2 Å². The maximum atomic E-state index is 12.0. The van der Waals surface area contributed by atoms with E-state index >= 15 is 0 Å². The average Bonchev–Trinajstić information content (AvgIpc) is 3.07. The van der Waals surface area contributed by atoms with Crippen molar-refractivity contribution in [2.24, 2.45) is 0 Å². The summed E-state index contributed by atoms with van der Waals surface area (Å²) in [6.45, 7) is 0. The first kappa shape index (κ1) is 17.7. The van der Waals surface area contributed by atoms with Crippen LogP contribution in [0.1, 0.15) is 24.8 Å². The van der Waals surface area contributed by atoms with Crippen molar-refractivity contribution in [3.63, 3.8) is 0 Å². The molecule has 0 aliphatic heterocycles. The number of benzene rings is 2. The Morgan fingerprint density at radius 3 is 2.66 bits per heavy atom. The molecule has 0 radical (unpaired) electrons. The molecule has 2 aromatic carbocycles. The highest BCUT2D eigenvalue weighted by Crippen LogP contribution is 2.48. The molecule has 0 saturated heterocycles. The normalized spacial score (nSPS) is 15.1. The molecular formula is C22H16N4O2S. The molecule has 1 aliphatic carbocycles. The van der Waals surface area contributed by atoms with E-state index < -0.39 is 10.7 Å². The van der Waals surface area contributed by atoms with E-state index in [0.29, 0.717) is 29.1 Å². The number of aromatic nitrogens is 3. The van der Waals surface area contributed by atoms with Crippen molar-refractivity contribution in [1.29, 1.82) is 5.26 Å². The molecule has 0 unspecified atom stereocenters. The first-order chi connectivity index (χ1) is 14.1. The molecule has 6 nitrogen and oxygen atoms in total. The molecule has 5 rings (SSSR count). The average molecular weight is 400 g/mol. The number of carboxylic acid groups (broad SMARTS) is 1. The third kappa shape index (κ3) is 2.68. The lowest BCUT2D eigenvalue weighted by Gasteiger charge is -2.36. The summed E-state index contributed by atoms with van der Waals surface area (Å²) in [5, 5.41) is 21.7. The third-order valence-corrected chi connectivity index (χ3v) is 6.96. The van der Waals surface area contributed by atoms with Gasteiger partial charge in [-0.1, -0.05) is 36.0 Å². The number of nitriles is 1. The van der Waals surface area contributed by atoms with E-state index in [0.717, 1.165) is 28.4 Å². The van der Waals surface area contributed by atoms with Crippen LogP contribution in [0, 0.1) is 11.3 Å². The van der Waals surface area contributed by atoms with Crippen molar-refractivity contribution in [1.82, 2.24) is 14.5 Å². The van der Waals surface area contributed by atoms with Gasteiger partial charge in [0.2, 0.25) is 0 Å². The lowest BCUT2D eigenvalue weighted by molar-refractivity contribution is -0.142. The number of nitrogens with zero attached hydrogens (tertiary/aromatic N) is 4. The highest BCUT2D eigenvalue weighted by Gasteiger charge is 2.46. The summed E-state index contributed by atoms with van der Waals surface area (Å²) in [5.41, 5.74) is 3.04. The van der Waals surface area contributed by atoms with Crippen molar-refractivity contribution in [2.75, 3.05) is 0 Å². The van der Waals surface area contributed by atoms with Crippen LogP contribution in [-0.2, 0) is 4.79 Å². The third-order valence-electron chi connectivity index (χ3n) is 5.53. The quantitative estimate of drug-likeness (QED) is 0.540. The predicted molar refractivity (Wildman–Crippen MR) is 111 cm³/mol. The van der Waals surface area contributed by atoms with Crippen molar-refractivity contribution >= 4 is 39.5 Å². The van der Waals surface area contributed by atoms with E-state index in [-0.39, 0.29) is 0 Å². The van der Waals surface area contributed by atoms with E-state index in [2.05, 4.69) is 11.1 Å². The standard InChI is InChI=1S/C22H16N4O2S/c23-12-14-6-7-18(16-5-2-1-4-15(14)16)26-19-8-11-24-13-17(19)25-21(26)29-22(20(27)28)9-3-10-22/h1-2,4-8,11,13H,3,9-10H2,(H,27,28). The molecule has 2 aromatic heterocycles. The Bertz CT molecular complexity index is 1320.